The summed E-state index contributed by atoms with van der Waals surface area (Å²) in [6.45, 7) is 0. The SMILES string of the molecule is [Ge+4].[Ge+4].[Ge+4].[N-3].[N-3].[N-3].[N-3].[Ni].[Ni].[Ni].[Si].[Si].[Si]. The van der Waals surface area contributed by atoms with E-state index in [1.54, 1.807) is 0 Å². The predicted octanol–water partition coefficient (Wildman–Crippen LogP) is -1.14. The second kappa shape index (κ2) is 257. The van der Waals surface area contributed by atoms with Crippen molar-refractivity contribution in [2.75, 3.05) is 0 Å². The van der Waals surface area contributed by atoms with Crippen molar-refractivity contribution in [3.8, 4) is 0 Å². The maximum absolute atomic E-state index is 0. The topological polar surface area (TPSA) is 122 Å². The van der Waals surface area contributed by atoms with E-state index in [1.807, 2.05) is 0 Å². The van der Waals surface area contributed by atoms with E-state index in [9.17, 15) is 0 Å². The first-order valence-corrected chi connectivity index (χ1v) is 0. The average molecular weight is 534 g/mol. The van der Waals surface area contributed by atoms with Crippen molar-refractivity contribution in [3.05, 3.63) is 24.6 Å². The third kappa shape index (κ3) is 223. The molecule has 0 aromatic heterocycles. The van der Waals surface area contributed by atoms with Gasteiger partial charge in [0.25, 0.3) is 0 Å². The second-order valence-electron chi connectivity index (χ2n) is 0. The minimum absolute atomic E-state index is 0. The molecule has 0 fully saturated rings. The van der Waals surface area contributed by atoms with Gasteiger partial charge in [-0.1, -0.05) is 0 Å². The minimum atomic E-state index is 0. The number of rotatable bonds is 0. The molecular weight excluding hydrogens is 534 g/mol. The fraction of sp³-hybridized carbons (Fsp3) is 0. The summed E-state index contributed by atoms with van der Waals surface area (Å²) >= 11 is 0. The van der Waals surface area contributed by atoms with Crippen LogP contribution < -0.4 is 0 Å². The Morgan fingerprint density at radius 1 is 0.308 bits per heavy atom. The van der Waals surface area contributed by atoms with E-state index in [-0.39, 0.29) is 160 Å². The van der Waals surface area contributed by atoms with Gasteiger partial charge in [0.15, 0.2) is 0 Å². The van der Waals surface area contributed by atoms with E-state index in [4.69, 9.17) is 0 Å². The van der Waals surface area contributed by atoms with Crippen LogP contribution in [0.3, 0.4) is 0 Å². The van der Waals surface area contributed by atoms with Gasteiger partial charge in [0.05, 0.1) is 0 Å². The summed E-state index contributed by atoms with van der Waals surface area (Å²) < 4.78 is 0. The molecule has 0 saturated carbocycles. The normalized spacial score (nSPS) is 0. The molecule has 0 amide bonds. The largest absolute Gasteiger partial charge is 4.00 e. The summed E-state index contributed by atoms with van der Waals surface area (Å²) in [6.07, 6.45) is 0. The Kier molecular flexibility index (Phi) is 6150. The zero-order valence-electron chi connectivity index (χ0n) is 5.74. The van der Waals surface area contributed by atoms with Crippen LogP contribution in [0.4, 0.5) is 0 Å². The van der Waals surface area contributed by atoms with Crippen molar-refractivity contribution >= 4 is 85.7 Å². The fourth-order valence-electron chi connectivity index (χ4n) is 0. The van der Waals surface area contributed by atoms with Gasteiger partial charge in [0.1, 0.15) is 0 Å². The molecule has 0 unspecified atom stereocenters. The Bertz CT molecular complexity index is 25.8. The van der Waals surface area contributed by atoms with Crippen molar-refractivity contribution in [2.24, 2.45) is 0 Å². The maximum Gasteiger partial charge on any atom is 4.00 e. The van der Waals surface area contributed by atoms with Gasteiger partial charge in [-0.25, -0.2) is 0 Å². The average Bonchev–Trinajstić information content (AvgIpc) is 0. The fourth-order valence-corrected chi connectivity index (χ4v) is 0. The van der Waals surface area contributed by atoms with E-state index in [2.05, 4.69) is 0 Å². The molecule has 4 nitrogen and oxygen atoms in total. The van der Waals surface area contributed by atoms with E-state index in [0.29, 0.717) is 0 Å². The molecule has 12 radical (unpaired) electrons. The molecule has 0 aliphatic heterocycles. The monoisotopic (exact) mass is 536 g/mol. The Morgan fingerprint density at radius 2 is 0.308 bits per heavy atom. The Morgan fingerprint density at radius 3 is 0.308 bits per heavy atom. The summed E-state index contributed by atoms with van der Waals surface area (Å²) in [5.74, 6) is 0. The zero-order valence-corrected chi connectivity index (χ0v) is 18.0. The number of nitrogens with zero attached hydrogens (tertiary/aromatic N) is 4. The van der Waals surface area contributed by atoms with Crippen LogP contribution in [0.15, 0.2) is 0 Å². The molecule has 0 atom stereocenters. The van der Waals surface area contributed by atoms with Crippen LogP contribution in [0.5, 0.6) is 0 Å². The third-order valence-corrected chi connectivity index (χ3v) is 0. The molecule has 0 spiro atoms. The summed E-state index contributed by atoms with van der Waals surface area (Å²) in [5.41, 5.74) is 0. The maximum atomic E-state index is 0. The van der Waals surface area contributed by atoms with Crippen molar-refractivity contribution in [1.29, 1.82) is 0 Å². The smallest absolute Gasteiger partial charge is 3.00 e. The van der Waals surface area contributed by atoms with Crippen LogP contribution in [0, 0.1) is 0 Å². The summed E-state index contributed by atoms with van der Waals surface area (Å²) in [5, 5.41) is 0. The van der Waals surface area contributed by atoms with Gasteiger partial charge in [-0.05, 0) is 0 Å². The zero-order chi connectivity index (χ0) is 0. The Balaban J connectivity index is 0. The molecule has 13 heavy (non-hydrogen) atoms. The number of hydrogen-bond acceptors (Lipinski definition) is 0. The molecule has 13 heteroatoms. The standard InChI is InChI=1S/3Ge.4N.3Ni.3Si/q3*+4;4*-3;;;;;;. The van der Waals surface area contributed by atoms with Gasteiger partial charge in [-0.15, -0.1) is 0 Å². The van der Waals surface area contributed by atoms with Gasteiger partial charge in [0, 0.05) is 82.4 Å². The van der Waals surface area contributed by atoms with E-state index < -0.39 is 0 Å². The van der Waals surface area contributed by atoms with Crippen molar-refractivity contribution in [2.45, 2.75) is 0 Å². The van der Waals surface area contributed by atoms with Crippen LogP contribution in [0.2, 0.25) is 0 Å². The second-order valence-corrected chi connectivity index (χ2v) is 0. The van der Waals surface area contributed by atoms with Crippen molar-refractivity contribution in [1.82, 2.24) is 0 Å². The molecule has 0 saturated heterocycles. The van der Waals surface area contributed by atoms with E-state index >= 15 is 0 Å². The molecule has 0 aliphatic carbocycles. The van der Waals surface area contributed by atoms with Crippen LogP contribution in [0.25, 0.3) is 24.6 Å². The molecule has 0 bridgehead atoms. The van der Waals surface area contributed by atoms with Gasteiger partial charge < -0.3 is 24.6 Å². The molecule has 0 aromatic rings. The molecule has 0 aliphatic rings. The number of hydrogen-bond donors (Lipinski definition) is 0. The van der Waals surface area contributed by atoms with Crippen molar-refractivity contribution in [3.63, 3.8) is 0 Å². The van der Waals surface area contributed by atoms with Crippen LogP contribution >= 0.6 is 0 Å². The summed E-state index contributed by atoms with van der Waals surface area (Å²) in [7, 11) is 0. The van der Waals surface area contributed by atoms with Gasteiger partial charge in [0.2, 0.25) is 0 Å². The Labute approximate surface area is 158 Å². The summed E-state index contributed by atoms with van der Waals surface area (Å²) in [4.78, 5) is 0. The minimum Gasteiger partial charge on any atom is -3.00 e. The molecule has 0 N–H and O–H groups in total. The van der Waals surface area contributed by atoms with E-state index in [1.165, 1.54) is 0 Å². The molecule has 0 aromatic carbocycles. The third-order valence-electron chi connectivity index (χ3n) is 0. The Hall–Kier alpha value is 3.60. The van der Waals surface area contributed by atoms with Gasteiger partial charge in [-0.3, -0.25) is 0 Å². The van der Waals surface area contributed by atoms with Crippen LogP contribution in [-0.2, 0) is 49.5 Å². The quantitative estimate of drug-likeness (QED) is 0.350. The van der Waals surface area contributed by atoms with Crippen LogP contribution in [-0.4, -0.2) is 85.7 Å². The predicted molar refractivity (Wildman–Crippen MR) is 48.0 cm³/mol. The summed E-state index contributed by atoms with van der Waals surface area (Å²) in [6, 6.07) is 0. The molecule has 0 rings (SSSR count). The van der Waals surface area contributed by atoms with Gasteiger partial charge >= 0.3 is 52.8 Å². The first kappa shape index (κ1) is 312. The van der Waals surface area contributed by atoms with Crippen LogP contribution in [0.1, 0.15) is 0 Å². The van der Waals surface area contributed by atoms with Gasteiger partial charge in [-0.2, -0.15) is 0 Å². The van der Waals surface area contributed by atoms with E-state index in [0.717, 1.165) is 0 Å². The first-order valence-electron chi connectivity index (χ1n) is 0. The molecule has 0 heterocycles. The molecular formula is Ge3N4Ni3Si3. The van der Waals surface area contributed by atoms with Crippen molar-refractivity contribution < 1.29 is 49.5 Å². The first-order chi connectivity index (χ1) is 0. The molecule has 74 valence electrons.